The molecule has 0 saturated heterocycles. The fourth-order valence-electron chi connectivity index (χ4n) is 2.10. The number of halogens is 4. The summed E-state index contributed by atoms with van der Waals surface area (Å²) in [6.07, 6.45) is -4.55. The Morgan fingerprint density at radius 1 is 1.08 bits per heavy atom. The Balaban J connectivity index is 0.000000568. The van der Waals surface area contributed by atoms with Crippen LogP contribution in [0.15, 0.2) is 42.5 Å². The third-order valence-corrected chi connectivity index (χ3v) is 3.15. The van der Waals surface area contributed by atoms with Crippen LogP contribution in [0.5, 0.6) is 5.75 Å². The Hall–Kier alpha value is -2.74. The number of ether oxygens (including phenoxy) is 1. The highest BCUT2D eigenvalue weighted by atomic mass is 35.5. The second-order valence-electron chi connectivity index (χ2n) is 4.95. The first-order valence-corrected chi connectivity index (χ1v) is 6.76. The normalized spacial score (nSPS) is 11.4. The maximum atomic E-state index is 12.8. The molecular formula is C16H15ClF3N3O2. The van der Waals surface area contributed by atoms with E-state index in [1.807, 2.05) is 6.07 Å². The monoisotopic (exact) mass is 373 g/mol. The third kappa shape index (κ3) is 4.87. The lowest BCUT2D eigenvalue weighted by atomic mass is 9.85. The van der Waals surface area contributed by atoms with Crippen LogP contribution in [-0.2, 0) is 12.8 Å². The van der Waals surface area contributed by atoms with E-state index >= 15 is 0 Å². The van der Waals surface area contributed by atoms with Gasteiger partial charge in [0.25, 0.3) is 0 Å². The number of nitrogens with two attached hydrogens (primary N) is 2. The van der Waals surface area contributed by atoms with Crippen molar-refractivity contribution < 1.29 is 22.7 Å². The van der Waals surface area contributed by atoms with Crippen LogP contribution < -0.4 is 16.2 Å². The van der Waals surface area contributed by atoms with Crippen molar-refractivity contribution in [1.82, 2.24) is 0 Å². The molecule has 0 aliphatic heterocycles. The number of guanidine groups is 1. The molecule has 2 bridgehead atoms. The van der Waals surface area contributed by atoms with Crippen molar-refractivity contribution in [2.45, 2.75) is 12.8 Å². The molecule has 0 spiro atoms. The quantitative estimate of drug-likeness (QED) is 0.485. The second-order valence-corrected chi connectivity index (χ2v) is 4.95. The van der Waals surface area contributed by atoms with Gasteiger partial charge in [-0.15, -0.1) is 12.4 Å². The molecule has 0 amide bonds. The van der Waals surface area contributed by atoms with Gasteiger partial charge in [-0.2, -0.15) is 13.2 Å². The van der Waals surface area contributed by atoms with Gasteiger partial charge in [-0.3, -0.25) is 10.2 Å². The van der Waals surface area contributed by atoms with Crippen molar-refractivity contribution in [3.05, 3.63) is 64.7 Å². The number of nitrogens with one attached hydrogen (secondary N) is 1. The van der Waals surface area contributed by atoms with Gasteiger partial charge in [0.1, 0.15) is 12.4 Å². The van der Waals surface area contributed by atoms with Crippen molar-refractivity contribution in [3.8, 4) is 5.75 Å². The summed E-state index contributed by atoms with van der Waals surface area (Å²) in [4.78, 5) is 11.6. The maximum absolute atomic E-state index is 12.8. The molecule has 5 nitrogen and oxygen atoms in total. The van der Waals surface area contributed by atoms with Crippen molar-refractivity contribution in [1.29, 1.82) is 5.41 Å². The molecule has 25 heavy (non-hydrogen) atoms. The van der Waals surface area contributed by atoms with Crippen molar-refractivity contribution >= 4 is 24.1 Å². The Morgan fingerprint density at radius 2 is 1.64 bits per heavy atom. The van der Waals surface area contributed by atoms with Crippen LogP contribution in [0.25, 0.3) is 0 Å². The number of rotatable bonds is 3. The lowest BCUT2D eigenvalue weighted by Gasteiger charge is -2.23. The summed E-state index contributed by atoms with van der Waals surface area (Å²) in [5, 5.41) is 6.06. The first-order chi connectivity index (χ1) is 11.2. The number of fused-ring (bicyclic) bond motifs is 2. The van der Waals surface area contributed by atoms with E-state index < -0.39 is 17.5 Å². The van der Waals surface area contributed by atoms with Gasteiger partial charge in [-0.05, 0) is 17.7 Å². The van der Waals surface area contributed by atoms with Crippen molar-refractivity contribution in [3.63, 3.8) is 0 Å². The highest BCUT2D eigenvalue weighted by molar-refractivity contribution is 6.19. The zero-order valence-corrected chi connectivity index (χ0v) is 13.6. The number of hydrogen-bond donors (Lipinski definition) is 3. The largest absolute Gasteiger partial charge is 0.488 e. The average Bonchev–Trinajstić information content (AvgIpc) is 2.51. The van der Waals surface area contributed by atoms with Crippen LogP contribution in [0.4, 0.5) is 13.2 Å². The van der Waals surface area contributed by atoms with E-state index in [1.165, 1.54) is 6.07 Å². The molecule has 0 fully saturated rings. The molecule has 0 radical (unpaired) electrons. The molecule has 0 heterocycles. The SMILES string of the molecule is Cl.N=C(N)N.O=C1c2cc1c(C(F)(F)F)cc2OCc1ccccc1. The highest BCUT2D eigenvalue weighted by Crippen LogP contribution is 2.42. The molecule has 2 aromatic rings. The molecule has 2 aliphatic rings. The summed E-state index contributed by atoms with van der Waals surface area (Å²) in [6, 6.07) is 11.2. The predicted molar refractivity (Wildman–Crippen MR) is 89.0 cm³/mol. The molecule has 4 rings (SSSR count). The number of hydrogen-bond acceptors (Lipinski definition) is 3. The van der Waals surface area contributed by atoms with Crippen LogP contribution in [0.2, 0.25) is 0 Å². The number of carbonyl (C=O) groups is 1. The fourth-order valence-corrected chi connectivity index (χ4v) is 2.10. The van der Waals surface area contributed by atoms with Gasteiger partial charge in [-0.25, -0.2) is 0 Å². The van der Waals surface area contributed by atoms with Crippen LogP contribution >= 0.6 is 12.4 Å². The highest BCUT2D eigenvalue weighted by Gasteiger charge is 2.41. The summed E-state index contributed by atoms with van der Waals surface area (Å²) < 4.78 is 43.7. The van der Waals surface area contributed by atoms with Crippen molar-refractivity contribution in [2.75, 3.05) is 0 Å². The molecule has 9 heteroatoms. The molecule has 0 aromatic heterocycles. The summed E-state index contributed by atoms with van der Waals surface area (Å²) in [5.41, 5.74) is 8.77. The van der Waals surface area contributed by atoms with E-state index in [9.17, 15) is 18.0 Å². The molecule has 0 saturated carbocycles. The molecule has 2 aromatic carbocycles. The molecule has 134 valence electrons. The fraction of sp³-hybridized carbons (Fsp3) is 0.125. The van der Waals surface area contributed by atoms with Crippen LogP contribution in [0, 0.1) is 5.41 Å². The predicted octanol–water partition coefficient (Wildman–Crippen LogP) is 3.09. The molecule has 2 aliphatic carbocycles. The van der Waals surface area contributed by atoms with E-state index in [4.69, 9.17) is 10.1 Å². The second kappa shape index (κ2) is 7.89. The van der Waals surface area contributed by atoms with Gasteiger partial charge in [-0.1, -0.05) is 30.3 Å². The van der Waals surface area contributed by atoms with Crippen LogP contribution in [0.3, 0.4) is 0 Å². The zero-order chi connectivity index (χ0) is 17.9. The summed E-state index contributed by atoms with van der Waals surface area (Å²) in [5.74, 6) is -0.941. The van der Waals surface area contributed by atoms with Gasteiger partial charge in [0.15, 0.2) is 11.7 Å². The molecule has 0 atom stereocenters. The smallest absolute Gasteiger partial charge is 0.417 e. The van der Waals surface area contributed by atoms with E-state index in [2.05, 4.69) is 11.5 Å². The topological polar surface area (TPSA) is 102 Å². The number of alkyl halides is 3. The first-order valence-electron chi connectivity index (χ1n) is 6.76. The Bertz CT molecular complexity index is 776. The molecule has 0 unspecified atom stereocenters. The van der Waals surface area contributed by atoms with Gasteiger partial charge >= 0.3 is 6.18 Å². The van der Waals surface area contributed by atoms with Gasteiger partial charge in [0.2, 0.25) is 0 Å². The maximum Gasteiger partial charge on any atom is 0.417 e. The van der Waals surface area contributed by atoms with E-state index in [0.717, 1.165) is 11.6 Å². The lowest BCUT2D eigenvalue weighted by molar-refractivity contribution is -0.138. The third-order valence-electron chi connectivity index (χ3n) is 3.15. The average molecular weight is 374 g/mol. The summed E-state index contributed by atoms with van der Waals surface area (Å²) >= 11 is 0. The van der Waals surface area contributed by atoms with Crippen LogP contribution in [-0.4, -0.2) is 11.7 Å². The molecule has 5 N–H and O–H groups in total. The van der Waals surface area contributed by atoms with Gasteiger partial charge in [0.05, 0.1) is 11.1 Å². The van der Waals surface area contributed by atoms with Gasteiger partial charge in [0, 0.05) is 5.56 Å². The summed E-state index contributed by atoms with van der Waals surface area (Å²) in [6.45, 7) is 0.123. The van der Waals surface area contributed by atoms with Crippen LogP contribution in [0.1, 0.15) is 27.0 Å². The molecular weight excluding hydrogens is 359 g/mol. The Morgan fingerprint density at radius 3 is 2.12 bits per heavy atom. The first kappa shape index (κ1) is 20.3. The Labute approximate surface area is 147 Å². The minimum Gasteiger partial charge on any atom is -0.488 e. The number of carbonyl (C=O) groups excluding carboxylic acids is 1. The zero-order valence-electron chi connectivity index (χ0n) is 12.8. The van der Waals surface area contributed by atoms with E-state index in [1.54, 1.807) is 24.3 Å². The van der Waals surface area contributed by atoms with E-state index in [-0.39, 0.29) is 41.8 Å². The summed E-state index contributed by atoms with van der Waals surface area (Å²) in [7, 11) is 0. The Kier molecular flexibility index (Phi) is 6.41. The van der Waals surface area contributed by atoms with Crippen molar-refractivity contribution in [2.24, 2.45) is 11.5 Å². The number of ketones is 1. The minimum atomic E-state index is -4.55. The van der Waals surface area contributed by atoms with E-state index in [0.29, 0.717) is 0 Å². The standard InChI is InChI=1S/C15H9F3O2.CH5N3.ClH/c16-15(17,18)12-7-13(11-6-10(12)14(11)19)20-8-9-4-2-1-3-5-9;2-1(3)4;/h1-7H,8H2;(H5,2,3,4);1H. The number of benzene rings is 2. The minimum absolute atomic E-state index is 0. The lowest BCUT2D eigenvalue weighted by Crippen LogP contribution is -2.23. The van der Waals surface area contributed by atoms with Gasteiger partial charge < -0.3 is 16.2 Å².